The predicted octanol–water partition coefficient (Wildman–Crippen LogP) is 3.74. The first-order valence-corrected chi connectivity index (χ1v) is 7.23. The zero-order chi connectivity index (χ0) is 14.8. The van der Waals surface area contributed by atoms with Crippen molar-refractivity contribution in [3.63, 3.8) is 0 Å². The lowest BCUT2D eigenvalue weighted by Crippen LogP contribution is -2.11. The maximum atomic E-state index is 12.3. The molecule has 21 heavy (non-hydrogen) atoms. The highest BCUT2D eigenvalue weighted by Gasteiger charge is 2.16. The number of nitrogen functional groups attached to an aromatic ring is 1. The summed E-state index contributed by atoms with van der Waals surface area (Å²) in [5.74, 6) is 0.549. The molecule has 3 aromatic rings. The van der Waals surface area contributed by atoms with E-state index in [1.54, 1.807) is 31.4 Å². The Morgan fingerprint density at radius 1 is 1.14 bits per heavy atom. The normalized spacial score (nSPS) is 10.5. The van der Waals surface area contributed by atoms with Crippen molar-refractivity contribution >= 4 is 38.7 Å². The number of nitrogens with two attached hydrogens (primary N) is 1. The van der Waals surface area contributed by atoms with Crippen molar-refractivity contribution in [2.75, 3.05) is 18.2 Å². The lowest BCUT2D eigenvalue weighted by atomic mass is 10.2. The first-order valence-electron chi connectivity index (χ1n) is 6.41. The van der Waals surface area contributed by atoms with E-state index in [-0.39, 0.29) is 5.91 Å². The minimum atomic E-state index is -0.195. The zero-order valence-corrected chi connectivity index (χ0v) is 12.2. The lowest BCUT2D eigenvalue weighted by molar-refractivity contribution is 0.103. The van der Waals surface area contributed by atoms with Gasteiger partial charge in [0.05, 0.1) is 12.8 Å². The van der Waals surface area contributed by atoms with Crippen LogP contribution in [0.2, 0.25) is 0 Å². The molecule has 3 rings (SSSR count). The van der Waals surface area contributed by atoms with E-state index < -0.39 is 0 Å². The van der Waals surface area contributed by atoms with Gasteiger partial charge in [0.2, 0.25) is 0 Å². The van der Waals surface area contributed by atoms with E-state index in [2.05, 4.69) is 5.32 Å². The number of benzene rings is 2. The van der Waals surface area contributed by atoms with E-state index >= 15 is 0 Å². The van der Waals surface area contributed by atoms with Crippen molar-refractivity contribution in [1.82, 2.24) is 0 Å². The molecule has 0 saturated carbocycles. The number of carbonyl (C=O) groups excluding carboxylic acids is 1. The smallest absolute Gasteiger partial charge is 0.267 e. The average Bonchev–Trinajstić information content (AvgIpc) is 2.86. The topological polar surface area (TPSA) is 64.3 Å². The van der Waals surface area contributed by atoms with E-state index in [9.17, 15) is 4.79 Å². The summed E-state index contributed by atoms with van der Waals surface area (Å²) in [5.41, 5.74) is 7.30. The van der Waals surface area contributed by atoms with Gasteiger partial charge in [-0.1, -0.05) is 18.2 Å². The molecule has 0 bridgehead atoms. The molecule has 1 aromatic heterocycles. The third-order valence-electron chi connectivity index (χ3n) is 3.19. The second kappa shape index (κ2) is 5.46. The number of anilines is 2. The fourth-order valence-corrected chi connectivity index (χ4v) is 3.11. The van der Waals surface area contributed by atoms with Crippen LogP contribution >= 0.6 is 11.3 Å². The van der Waals surface area contributed by atoms with Gasteiger partial charge in [0, 0.05) is 15.8 Å². The van der Waals surface area contributed by atoms with Crippen LogP contribution in [0.1, 0.15) is 9.67 Å². The van der Waals surface area contributed by atoms with Crippen molar-refractivity contribution in [3.8, 4) is 5.75 Å². The third-order valence-corrected chi connectivity index (χ3v) is 4.37. The van der Waals surface area contributed by atoms with Crippen LogP contribution in [0.25, 0.3) is 10.1 Å². The van der Waals surface area contributed by atoms with Crippen molar-refractivity contribution in [1.29, 1.82) is 0 Å². The van der Waals surface area contributed by atoms with Crippen LogP contribution in [-0.4, -0.2) is 13.0 Å². The van der Waals surface area contributed by atoms with Gasteiger partial charge in [-0.2, -0.15) is 0 Å². The Balaban J connectivity index is 1.87. The number of hydrogen-bond acceptors (Lipinski definition) is 4. The molecule has 0 saturated heterocycles. The quantitative estimate of drug-likeness (QED) is 0.774. The number of ether oxygens (including phenoxy) is 1. The lowest BCUT2D eigenvalue weighted by Gasteiger charge is -2.05. The molecule has 106 valence electrons. The number of fused-ring (bicyclic) bond motifs is 1. The largest absolute Gasteiger partial charge is 0.497 e. The Labute approximate surface area is 126 Å². The van der Waals surface area contributed by atoms with Crippen molar-refractivity contribution in [3.05, 3.63) is 53.4 Å². The van der Waals surface area contributed by atoms with E-state index in [1.807, 2.05) is 24.3 Å². The standard InChI is InChI=1S/C16H14N2O2S/c1-20-11-8-6-10(7-9-11)18-16(19)15-14(17)12-4-2-3-5-13(12)21-15/h2-9H,17H2,1H3,(H,18,19). The number of thiophene rings is 1. The molecule has 0 aliphatic heterocycles. The van der Waals surface area contributed by atoms with E-state index in [0.717, 1.165) is 15.8 Å². The van der Waals surface area contributed by atoms with Gasteiger partial charge in [0.25, 0.3) is 5.91 Å². The van der Waals surface area contributed by atoms with Crippen LogP contribution in [0.5, 0.6) is 5.75 Å². The molecular weight excluding hydrogens is 284 g/mol. The molecule has 0 aliphatic carbocycles. The van der Waals surface area contributed by atoms with Crippen LogP contribution in [0, 0.1) is 0 Å². The van der Waals surface area contributed by atoms with Gasteiger partial charge in [0.1, 0.15) is 10.6 Å². The van der Waals surface area contributed by atoms with Gasteiger partial charge in [-0.3, -0.25) is 4.79 Å². The number of carbonyl (C=O) groups is 1. The van der Waals surface area contributed by atoms with Gasteiger partial charge in [0.15, 0.2) is 0 Å². The molecule has 0 atom stereocenters. The molecule has 0 unspecified atom stereocenters. The van der Waals surface area contributed by atoms with E-state index in [0.29, 0.717) is 16.3 Å². The van der Waals surface area contributed by atoms with Crippen LogP contribution < -0.4 is 15.8 Å². The monoisotopic (exact) mass is 298 g/mol. The second-order valence-electron chi connectivity index (χ2n) is 4.52. The van der Waals surface area contributed by atoms with Crippen molar-refractivity contribution in [2.24, 2.45) is 0 Å². The molecule has 1 heterocycles. The van der Waals surface area contributed by atoms with Crippen LogP contribution in [-0.2, 0) is 0 Å². The average molecular weight is 298 g/mol. The van der Waals surface area contributed by atoms with Crippen LogP contribution in [0.3, 0.4) is 0 Å². The van der Waals surface area contributed by atoms with Crippen molar-refractivity contribution in [2.45, 2.75) is 0 Å². The maximum Gasteiger partial charge on any atom is 0.267 e. The summed E-state index contributed by atoms with van der Waals surface area (Å²) in [6, 6.07) is 14.9. The van der Waals surface area contributed by atoms with Gasteiger partial charge in [-0.15, -0.1) is 11.3 Å². The van der Waals surface area contributed by atoms with Crippen molar-refractivity contribution < 1.29 is 9.53 Å². The summed E-state index contributed by atoms with van der Waals surface area (Å²) in [6.45, 7) is 0. The molecule has 0 radical (unpaired) electrons. The zero-order valence-electron chi connectivity index (χ0n) is 11.4. The van der Waals surface area contributed by atoms with Gasteiger partial charge in [-0.05, 0) is 30.3 Å². The molecule has 1 amide bonds. The Kier molecular flexibility index (Phi) is 3.50. The molecule has 0 fully saturated rings. The van der Waals surface area contributed by atoms with Gasteiger partial charge >= 0.3 is 0 Å². The Morgan fingerprint density at radius 3 is 2.52 bits per heavy atom. The Morgan fingerprint density at radius 2 is 1.86 bits per heavy atom. The second-order valence-corrected chi connectivity index (χ2v) is 5.58. The number of rotatable bonds is 3. The molecule has 0 spiro atoms. The molecule has 4 nitrogen and oxygen atoms in total. The number of hydrogen-bond donors (Lipinski definition) is 2. The third kappa shape index (κ3) is 2.55. The number of nitrogens with one attached hydrogen (secondary N) is 1. The summed E-state index contributed by atoms with van der Waals surface area (Å²) in [4.78, 5) is 12.9. The van der Waals surface area contributed by atoms with Gasteiger partial charge in [-0.25, -0.2) is 0 Å². The fraction of sp³-hybridized carbons (Fsp3) is 0.0625. The van der Waals surface area contributed by atoms with E-state index in [4.69, 9.17) is 10.5 Å². The first-order chi connectivity index (χ1) is 10.2. The SMILES string of the molecule is COc1ccc(NC(=O)c2sc3ccccc3c2N)cc1. The summed E-state index contributed by atoms with van der Waals surface area (Å²) in [7, 11) is 1.60. The summed E-state index contributed by atoms with van der Waals surface area (Å²) >= 11 is 1.40. The fourth-order valence-electron chi connectivity index (χ4n) is 2.10. The molecule has 0 aliphatic rings. The van der Waals surface area contributed by atoms with Crippen LogP contribution in [0.4, 0.5) is 11.4 Å². The van der Waals surface area contributed by atoms with Crippen LogP contribution in [0.15, 0.2) is 48.5 Å². The highest BCUT2D eigenvalue weighted by atomic mass is 32.1. The highest BCUT2D eigenvalue weighted by Crippen LogP contribution is 2.33. The Hall–Kier alpha value is -2.53. The van der Waals surface area contributed by atoms with Gasteiger partial charge < -0.3 is 15.8 Å². The molecule has 3 N–H and O–H groups in total. The summed E-state index contributed by atoms with van der Waals surface area (Å²) in [5, 5.41) is 3.77. The number of methoxy groups -OCH3 is 1. The number of amides is 1. The molecule has 5 heteroatoms. The minimum absolute atomic E-state index is 0.195. The maximum absolute atomic E-state index is 12.3. The van der Waals surface area contributed by atoms with E-state index in [1.165, 1.54) is 11.3 Å². The minimum Gasteiger partial charge on any atom is -0.497 e. The Bertz CT molecular complexity index is 794. The first kappa shape index (κ1) is 13.5. The summed E-state index contributed by atoms with van der Waals surface area (Å²) < 4.78 is 6.10. The predicted molar refractivity (Wildman–Crippen MR) is 87.2 cm³/mol. The highest BCUT2D eigenvalue weighted by molar-refractivity contribution is 7.21. The molecule has 2 aromatic carbocycles. The molecular formula is C16H14N2O2S. The summed E-state index contributed by atoms with van der Waals surface area (Å²) in [6.07, 6.45) is 0.